The molecule has 0 unspecified atom stereocenters. The predicted octanol–water partition coefficient (Wildman–Crippen LogP) is 3.02. The molecule has 0 saturated carbocycles. The molecule has 1 rings (SSSR count). The lowest BCUT2D eigenvalue weighted by Gasteiger charge is -2.03. The zero-order valence-electron chi connectivity index (χ0n) is 10.6. The smallest absolute Gasteiger partial charge is 0.131 e. The van der Waals surface area contributed by atoms with Gasteiger partial charge in [-0.2, -0.15) is 0 Å². The topological polar surface area (TPSA) is 37.8 Å². The van der Waals surface area contributed by atoms with Crippen molar-refractivity contribution in [2.45, 2.75) is 53.0 Å². The zero-order chi connectivity index (χ0) is 11.8. The summed E-state index contributed by atoms with van der Waals surface area (Å²) in [7, 11) is 0. The summed E-state index contributed by atoms with van der Waals surface area (Å²) in [4.78, 5) is 0. The minimum atomic E-state index is 0.692. The summed E-state index contributed by atoms with van der Waals surface area (Å²) < 4.78 is 0. The van der Waals surface area contributed by atoms with Crippen LogP contribution in [0.15, 0.2) is 0 Å². The number of nitrogens with zero attached hydrogens (tertiary/aromatic N) is 2. The highest BCUT2D eigenvalue weighted by Gasteiger charge is 2.03. The molecule has 3 nitrogen and oxygen atoms in total. The van der Waals surface area contributed by atoms with Crippen molar-refractivity contribution in [3.8, 4) is 0 Å². The number of hydrogen-bond donors (Lipinski definition) is 1. The first-order chi connectivity index (χ1) is 7.72. The Morgan fingerprint density at radius 3 is 2.62 bits per heavy atom. The molecule has 0 aliphatic heterocycles. The maximum atomic E-state index is 4.21. The SMILES string of the molecule is CCCCCc1nnc(CNCC(C)C)s1. The number of aromatic nitrogens is 2. The van der Waals surface area contributed by atoms with Crippen LogP contribution >= 0.6 is 11.3 Å². The lowest BCUT2D eigenvalue weighted by Crippen LogP contribution is -2.18. The van der Waals surface area contributed by atoms with Crippen LogP contribution in [-0.2, 0) is 13.0 Å². The monoisotopic (exact) mass is 241 g/mol. The Hall–Kier alpha value is -0.480. The number of nitrogens with one attached hydrogen (secondary N) is 1. The lowest BCUT2D eigenvalue weighted by atomic mass is 10.2. The molecule has 0 atom stereocenters. The Morgan fingerprint density at radius 1 is 1.19 bits per heavy atom. The van der Waals surface area contributed by atoms with Gasteiger partial charge < -0.3 is 5.32 Å². The van der Waals surface area contributed by atoms with Crippen LogP contribution in [0.3, 0.4) is 0 Å². The number of unbranched alkanes of at least 4 members (excludes halogenated alkanes) is 2. The summed E-state index contributed by atoms with van der Waals surface area (Å²) in [5.41, 5.74) is 0. The van der Waals surface area contributed by atoms with E-state index in [1.165, 1.54) is 24.3 Å². The molecule has 1 heterocycles. The van der Waals surface area contributed by atoms with Gasteiger partial charge in [0, 0.05) is 13.0 Å². The largest absolute Gasteiger partial charge is 0.310 e. The van der Waals surface area contributed by atoms with Gasteiger partial charge in [-0.05, 0) is 18.9 Å². The lowest BCUT2D eigenvalue weighted by molar-refractivity contribution is 0.550. The highest BCUT2D eigenvalue weighted by Crippen LogP contribution is 2.12. The van der Waals surface area contributed by atoms with Crippen molar-refractivity contribution in [2.24, 2.45) is 5.92 Å². The van der Waals surface area contributed by atoms with E-state index >= 15 is 0 Å². The fraction of sp³-hybridized carbons (Fsp3) is 0.833. The summed E-state index contributed by atoms with van der Waals surface area (Å²) in [5.74, 6) is 0.692. The minimum Gasteiger partial charge on any atom is -0.310 e. The molecule has 1 N–H and O–H groups in total. The number of hydrogen-bond acceptors (Lipinski definition) is 4. The van der Waals surface area contributed by atoms with Crippen LogP contribution in [0.2, 0.25) is 0 Å². The molecular weight excluding hydrogens is 218 g/mol. The first-order valence-corrected chi connectivity index (χ1v) is 7.06. The van der Waals surface area contributed by atoms with Crippen molar-refractivity contribution in [3.63, 3.8) is 0 Å². The summed E-state index contributed by atoms with van der Waals surface area (Å²) >= 11 is 1.75. The first-order valence-electron chi connectivity index (χ1n) is 6.24. The van der Waals surface area contributed by atoms with E-state index in [1.807, 2.05) is 0 Å². The van der Waals surface area contributed by atoms with E-state index in [0.29, 0.717) is 5.92 Å². The average Bonchev–Trinajstić information content (AvgIpc) is 2.66. The van der Waals surface area contributed by atoms with Gasteiger partial charge in [0.15, 0.2) is 0 Å². The van der Waals surface area contributed by atoms with E-state index in [0.717, 1.165) is 24.5 Å². The van der Waals surface area contributed by atoms with Crippen molar-refractivity contribution in [1.82, 2.24) is 15.5 Å². The summed E-state index contributed by atoms with van der Waals surface area (Å²) in [6.07, 6.45) is 4.89. The molecule has 0 aliphatic rings. The van der Waals surface area contributed by atoms with Gasteiger partial charge in [0.1, 0.15) is 10.0 Å². The fourth-order valence-corrected chi connectivity index (χ4v) is 2.31. The van der Waals surface area contributed by atoms with E-state index < -0.39 is 0 Å². The van der Waals surface area contributed by atoms with Crippen LogP contribution in [0.4, 0.5) is 0 Å². The van der Waals surface area contributed by atoms with Gasteiger partial charge in [-0.1, -0.05) is 33.6 Å². The Morgan fingerprint density at radius 2 is 1.94 bits per heavy atom. The number of aryl methyl sites for hydroxylation is 1. The highest BCUT2D eigenvalue weighted by molar-refractivity contribution is 7.11. The van der Waals surface area contributed by atoms with Gasteiger partial charge in [-0.25, -0.2) is 0 Å². The third kappa shape index (κ3) is 5.56. The van der Waals surface area contributed by atoms with E-state index in [2.05, 4.69) is 36.3 Å². The maximum Gasteiger partial charge on any atom is 0.131 e. The molecule has 0 aromatic carbocycles. The summed E-state index contributed by atoms with van der Waals surface area (Å²) in [6.45, 7) is 8.56. The predicted molar refractivity (Wildman–Crippen MR) is 69.7 cm³/mol. The van der Waals surface area contributed by atoms with Crippen molar-refractivity contribution in [1.29, 1.82) is 0 Å². The minimum absolute atomic E-state index is 0.692. The van der Waals surface area contributed by atoms with E-state index in [4.69, 9.17) is 0 Å². The van der Waals surface area contributed by atoms with Crippen LogP contribution in [0.1, 0.15) is 50.0 Å². The van der Waals surface area contributed by atoms with Crippen LogP contribution in [0.5, 0.6) is 0 Å². The van der Waals surface area contributed by atoms with Crippen molar-refractivity contribution in [2.75, 3.05) is 6.54 Å². The standard InChI is InChI=1S/C12H23N3S/c1-4-5-6-7-11-14-15-12(16-11)9-13-8-10(2)3/h10,13H,4-9H2,1-3H3. The summed E-state index contributed by atoms with van der Waals surface area (Å²) in [6, 6.07) is 0. The number of rotatable bonds is 8. The van der Waals surface area contributed by atoms with Crippen molar-refractivity contribution in [3.05, 3.63) is 10.0 Å². The van der Waals surface area contributed by atoms with Gasteiger partial charge in [0.05, 0.1) is 0 Å². The third-order valence-corrected chi connectivity index (χ3v) is 3.31. The molecule has 0 fully saturated rings. The average molecular weight is 241 g/mol. The van der Waals surface area contributed by atoms with E-state index in [-0.39, 0.29) is 0 Å². The molecule has 0 spiro atoms. The Labute approximate surface area is 103 Å². The molecule has 0 radical (unpaired) electrons. The quantitative estimate of drug-likeness (QED) is 0.711. The Balaban J connectivity index is 2.22. The van der Waals surface area contributed by atoms with Crippen molar-refractivity contribution < 1.29 is 0 Å². The molecule has 92 valence electrons. The van der Waals surface area contributed by atoms with E-state index in [1.54, 1.807) is 11.3 Å². The molecule has 4 heteroatoms. The Kier molecular flexibility index (Phi) is 6.57. The molecule has 0 amide bonds. The Bertz CT molecular complexity index is 284. The molecule has 0 bridgehead atoms. The molecule has 16 heavy (non-hydrogen) atoms. The second-order valence-electron chi connectivity index (χ2n) is 4.57. The van der Waals surface area contributed by atoms with Crippen LogP contribution in [0, 0.1) is 5.92 Å². The van der Waals surface area contributed by atoms with Gasteiger partial charge in [-0.15, -0.1) is 21.5 Å². The highest BCUT2D eigenvalue weighted by atomic mass is 32.1. The molecule has 1 aromatic rings. The molecular formula is C12H23N3S. The van der Waals surface area contributed by atoms with Gasteiger partial charge >= 0.3 is 0 Å². The van der Waals surface area contributed by atoms with Gasteiger partial charge in [0.2, 0.25) is 0 Å². The van der Waals surface area contributed by atoms with Crippen LogP contribution < -0.4 is 5.32 Å². The molecule has 0 saturated heterocycles. The third-order valence-electron chi connectivity index (χ3n) is 2.33. The summed E-state index contributed by atoms with van der Waals surface area (Å²) in [5, 5.41) is 14.1. The molecule has 1 aromatic heterocycles. The normalized spacial score (nSPS) is 11.2. The van der Waals surface area contributed by atoms with Gasteiger partial charge in [0.25, 0.3) is 0 Å². The molecule has 0 aliphatic carbocycles. The van der Waals surface area contributed by atoms with E-state index in [9.17, 15) is 0 Å². The fourth-order valence-electron chi connectivity index (χ4n) is 1.45. The van der Waals surface area contributed by atoms with Crippen LogP contribution in [0.25, 0.3) is 0 Å². The second kappa shape index (κ2) is 7.74. The zero-order valence-corrected chi connectivity index (χ0v) is 11.4. The van der Waals surface area contributed by atoms with Crippen molar-refractivity contribution >= 4 is 11.3 Å². The maximum absolute atomic E-state index is 4.21. The van der Waals surface area contributed by atoms with Gasteiger partial charge in [-0.3, -0.25) is 0 Å². The van der Waals surface area contributed by atoms with Crippen LogP contribution in [-0.4, -0.2) is 16.7 Å². The second-order valence-corrected chi connectivity index (χ2v) is 5.72. The first kappa shape index (κ1) is 13.6.